The van der Waals surface area contributed by atoms with Crippen molar-refractivity contribution in [3.05, 3.63) is 24.5 Å². The lowest BCUT2D eigenvalue weighted by Gasteiger charge is -2.23. The zero-order valence-electron chi connectivity index (χ0n) is 21.6. The maximum atomic E-state index is 12.3. The Kier molecular flexibility index (Phi) is 20.0. The monoisotopic (exact) mass is 498 g/mol. The van der Waals surface area contributed by atoms with Crippen LogP contribution >= 0.6 is 0 Å². The molecule has 0 saturated heterocycles. The summed E-state index contributed by atoms with van der Waals surface area (Å²) in [4.78, 5) is 36.1. The molecule has 8 heteroatoms. The molecule has 2 atom stereocenters. The van der Waals surface area contributed by atoms with E-state index >= 15 is 0 Å². The number of hydrogen-bond donors (Lipinski definition) is 3. The lowest BCUT2D eigenvalue weighted by molar-refractivity contribution is -0.182. The van der Waals surface area contributed by atoms with Gasteiger partial charge in [0.05, 0.1) is 6.26 Å². The number of carbonyl (C=O) groups excluding carboxylic acids is 3. The third-order valence-electron chi connectivity index (χ3n) is 5.75. The van der Waals surface area contributed by atoms with E-state index in [-0.39, 0.29) is 12.8 Å². The van der Waals surface area contributed by atoms with E-state index in [2.05, 4.69) is 18.6 Å². The van der Waals surface area contributed by atoms with Crippen molar-refractivity contribution in [2.24, 2.45) is 0 Å². The molecule has 0 aromatic carbocycles. The summed E-state index contributed by atoms with van der Waals surface area (Å²) < 4.78 is 9.38. The first kappa shape index (κ1) is 33.0. The Balaban J connectivity index is 0.00000166. The van der Waals surface area contributed by atoms with Gasteiger partial charge in [0.1, 0.15) is 13.2 Å². The summed E-state index contributed by atoms with van der Waals surface area (Å²) >= 11 is 0. The van der Waals surface area contributed by atoms with Crippen LogP contribution in [0.15, 0.2) is 24.5 Å². The van der Waals surface area contributed by atoms with E-state index in [1.54, 1.807) is 6.26 Å². The number of Topliss-reactive ketones (excluding diaryl/α,β-unsaturated/α-hetero) is 1. The van der Waals surface area contributed by atoms with Crippen LogP contribution in [0.4, 0.5) is 0 Å². The zero-order valence-corrected chi connectivity index (χ0v) is 21.6. The van der Waals surface area contributed by atoms with E-state index in [0.29, 0.717) is 19.3 Å². The molecule has 0 spiro atoms. The molecule has 202 valence electrons. The standard InChI is InChI=1S/C22H40O7.C5H6O/c1-3-5-7-9-11-13-15-18(24)20(26)29-21(27)22(28,19(25)17-23)16-14-12-10-8-6-4-2;1-2-4-6-5-3-1/h18,23-24,28H,3-17H2,1-2H3;1-4H,5H2. The Labute approximate surface area is 210 Å². The van der Waals surface area contributed by atoms with Gasteiger partial charge in [0.2, 0.25) is 11.4 Å². The van der Waals surface area contributed by atoms with Crippen molar-refractivity contribution >= 4 is 17.7 Å². The number of aliphatic hydroxyl groups is 3. The number of rotatable bonds is 18. The molecule has 0 radical (unpaired) electrons. The highest BCUT2D eigenvalue weighted by Crippen LogP contribution is 2.20. The third kappa shape index (κ3) is 15.6. The van der Waals surface area contributed by atoms with Crippen LogP contribution in [0.2, 0.25) is 0 Å². The van der Waals surface area contributed by atoms with Crippen molar-refractivity contribution < 1.29 is 39.2 Å². The normalized spacial score (nSPS) is 14.8. The largest absolute Gasteiger partial charge is 0.497 e. The summed E-state index contributed by atoms with van der Waals surface area (Å²) in [6.45, 7) is 3.91. The molecule has 1 aliphatic rings. The Morgan fingerprint density at radius 2 is 1.49 bits per heavy atom. The van der Waals surface area contributed by atoms with Crippen LogP contribution in [0.5, 0.6) is 0 Å². The molecule has 0 saturated carbocycles. The highest BCUT2D eigenvalue weighted by Gasteiger charge is 2.45. The molecule has 0 bridgehead atoms. The summed E-state index contributed by atoms with van der Waals surface area (Å²) in [5.74, 6) is -3.69. The number of aliphatic hydroxyl groups excluding tert-OH is 2. The lowest BCUT2D eigenvalue weighted by Crippen LogP contribution is -2.50. The number of hydrogen-bond acceptors (Lipinski definition) is 8. The molecular weight excluding hydrogens is 452 g/mol. The summed E-state index contributed by atoms with van der Waals surface area (Å²) in [5, 5.41) is 29.4. The topological polar surface area (TPSA) is 130 Å². The van der Waals surface area contributed by atoms with Gasteiger partial charge in [0.25, 0.3) is 0 Å². The van der Waals surface area contributed by atoms with E-state index in [0.717, 1.165) is 64.4 Å². The molecule has 1 aliphatic heterocycles. The number of carbonyl (C=O) groups is 3. The minimum absolute atomic E-state index is 0.155. The fraction of sp³-hybridized carbons (Fsp3) is 0.741. The van der Waals surface area contributed by atoms with Gasteiger partial charge in [-0.05, 0) is 31.4 Å². The molecule has 3 N–H and O–H groups in total. The predicted octanol–water partition coefficient (Wildman–Crippen LogP) is 4.30. The first-order chi connectivity index (χ1) is 16.8. The van der Waals surface area contributed by atoms with E-state index in [4.69, 9.17) is 9.84 Å². The van der Waals surface area contributed by atoms with Gasteiger partial charge in [-0.1, -0.05) is 90.6 Å². The van der Waals surface area contributed by atoms with E-state index in [1.165, 1.54) is 0 Å². The number of esters is 2. The van der Waals surface area contributed by atoms with Crippen molar-refractivity contribution in [3.8, 4) is 0 Å². The van der Waals surface area contributed by atoms with Crippen LogP contribution in [0.25, 0.3) is 0 Å². The van der Waals surface area contributed by atoms with Crippen LogP contribution in [0.3, 0.4) is 0 Å². The van der Waals surface area contributed by atoms with E-state index < -0.39 is 36.0 Å². The highest BCUT2D eigenvalue weighted by atomic mass is 16.6. The van der Waals surface area contributed by atoms with Crippen LogP contribution < -0.4 is 0 Å². The zero-order chi connectivity index (χ0) is 26.4. The summed E-state index contributed by atoms with van der Waals surface area (Å²) in [6.07, 6.45) is 17.0. The maximum absolute atomic E-state index is 12.3. The van der Waals surface area contributed by atoms with Gasteiger partial charge in [-0.15, -0.1) is 0 Å². The molecule has 0 fully saturated rings. The van der Waals surface area contributed by atoms with Gasteiger partial charge in [0, 0.05) is 0 Å². The predicted molar refractivity (Wildman–Crippen MR) is 134 cm³/mol. The highest BCUT2D eigenvalue weighted by molar-refractivity contribution is 6.10. The van der Waals surface area contributed by atoms with Crippen LogP contribution in [0, 0.1) is 0 Å². The van der Waals surface area contributed by atoms with Gasteiger partial charge in [-0.3, -0.25) is 4.79 Å². The fourth-order valence-electron chi connectivity index (χ4n) is 3.47. The summed E-state index contributed by atoms with van der Waals surface area (Å²) in [5.41, 5.74) is -2.56. The first-order valence-electron chi connectivity index (χ1n) is 13.1. The van der Waals surface area contributed by atoms with Gasteiger partial charge in [0.15, 0.2) is 6.10 Å². The number of ether oxygens (including phenoxy) is 2. The quantitative estimate of drug-likeness (QED) is 0.145. The molecule has 35 heavy (non-hydrogen) atoms. The molecule has 0 aliphatic carbocycles. The van der Waals surface area contributed by atoms with Crippen molar-refractivity contribution in [1.29, 1.82) is 0 Å². The van der Waals surface area contributed by atoms with Crippen LogP contribution in [-0.2, 0) is 23.9 Å². The average Bonchev–Trinajstić information content (AvgIpc) is 2.88. The smallest absolute Gasteiger partial charge is 0.353 e. The number of allylic oxidation sites excluding steroid dienone is 2. The van der Waals surface area contributed by atoms with Crippen LogP contribution in [-0.4, -0.2) is 58.0 Å². The Morgan fingerprint density at radius 1 is 0.914 bits per heavy atom. The van der Waals surface area contributed by atoms with E-state index in [9.17, 15) is 24.6 Å². The maximum Gasteiger partial charge on any atom is 0.353 e. The second-order valence-electron chi connectivity index (χ2n) is 8.83. The molecule has 8 nitrogen and oxygen atoms in total. The van der Waals surface area contributed by atoms with Crippen molar-refractivity contribution in [3.63, 3.8) is 0 Å². The summed E-state index contributed by atoms with van der Waals surface area (Å²) in [6, 6.07) is 0. The van der Waals surface area contributed by atoms with Gasteiger partial charge >= 0.3 is 11.9 Å². The third-order valence-corrected chi connectivity index (χ3v) is 5.75. The van der Waals surface area contributed by atoms with Crippen molar-refractivity contribution in [2.75, 3.05) is 13.2 Å². The number of unbranched alkanes of at least 4 members (excludes halogenated alkanes) is 10. The van der Waals surface area contributed by atoms with Crippen molar-refractivity contribution in [1.82, 2.24) is 0 Å². The Bertz CT molecular complexity index is 631. The van der Waals surface area contributed by atoms with Crippen LogP contribution in [0.1, 0.15) is 104 Å². The molecule has 0 aromatic heterocycles. The second-order valence-corrected chi connectivity index (χ2v) is 8.83. The lowest BCUT2D eigenvalue weighted by atomic mass is 9.91. The van der Waals surface area contributed by atoms with Crippen molar-refractivity contribution in [2.45, 2.75) is 115 Å². The fourth-order valence-corrected chi connectivity index (χ4v) is 3.47. The van der Waals surface area contributed by atoms with E-state index in [1.807, 2.05) is 18.2 Å². The molecule has 1 rings (SSSR count). The van der Waals surface area contributed by atoms with Gasteiger partial charge in [-0.25, -0.2) is 9.59 Å². The molecular formula is C27H46O8. The first-order valence-corrected chi connectivity index (χ1v) is 13.1. The SMILES string of the molecule is C1=CCOC=C1.CCCCCCCCC(O)C(=O)OC(=O)C(O)(CCCCCCCC)C(=O)CO. The average molecular weight is 499 g/mol. The summed E-state index contributed by atoms with van der Waals surface area (Å²) in [7, 11) is 0. The number of ketones is 1. The van der Waals surface area contributed by atoms with Gasteiger partial charge < -0.3 is 24.8 Å². The Hall–Kier alpha value is -2.03. The molecule has 2 unspecified atom stereocenters. The molecule has 0 aromatic rings. The minimum Gasteiger partial charge on any atom is -0.497 e. The molecule has 0 amide bonds. The van der Waals surface area contributed by atoms with Gasteiger partial charge in [-0.2, -0.15) is 0 Å². The molecule has 1 heterocycles. The Morgan fingerprint density at radius 3 is 1.94 bits per heavy atom. The minimum atomic E-state index is -2.56. The second kappa shape index (κ2) is 21.3.